The van der Waals surface area contributed by atoms with Crippen molar-refractivity contribution in [2.75, 3.05) is 5.32 Å². The Bertz CT molecular complexity index is 1220. The fraction of sp³-hybridized carbons (Fsp3) is 0.318. The first-order valence-corrected chi connectivity index (χ1v) is 10.1. The van der Waals surface area contributed by atoms with Crippen molar-refractivity contribution in [2.24, 2.45) is 0 Å². The van der Waals surface area contributed by atoms with E-state index in [-0.39, 0.29) is 5.91 Å². The normalized spacial score (nSPS) is 11.2. The molecule has 8 nitrogen and oxygen atoms in total. The molecule has 0 saturated carbocycles. The van der Waals surface area contributed by atoms with Crippen LogP contribution in [0.25, 0.3) is 11.5 Å². The van der Waals surface area contributed by atoms with Crippen molar-refractivity contribution >= 4 is 17.2 Å². The van der Waals surface area contributed by atoms with E-state index in [2.05, 4.69) is 32.6 Å². The number of nitrogens with zero attached hydrogens (tertiary/aromatic N) is 6. The number of fused-ring (bicyclic) bond motifs is 1. The predicted octanol–water partition coefficient (Wildman–Crippen LogP) is 3.37. The molecule has 0 aliphatic carbocycles. The Morgan fingerprint density at radius 3 is 2.63 bits per heavy atom. The molecule has 0 unspecified atom stereocenters. The molecule has 0 bridgehead atoms. The van der Waals surface area contributed by atoms with Gasteiger partial charge in [-0.1, -0.05) is 25.1 Å². The fourth-order valence-electron chi connectivity index (χ4n) is 3.66. The Morgan fingerprint density at radius 1 is 1.03 bits per heavy atom. The number of carbonyl (C=O) groups excluding carboxylic acids is 1. The number of amides is 1. The molecule has 0 aliphatic rings. The van der Waals surface area contributed by atoms with Crippen LogP contribution in [0.1, 0.15) is 41.7 Å². The minimum atomic E-state index is 0.00195. The molecule has 3 aromatic heterocycles. The Morgan fingerprint density at radius 2 is 1.83 bits per heavy atom. The van der Waals surface area contributed by atoms with Crippen LogP contribution >= 0.6 is 0 Å². The maximum Gasteiger partial charge on any atom is 0.224 e. The van der Waals surface area contributed by atoms with Gasteiger partial charge in [-0.25, -0.2) is 4.68 Å². The summed E-state index contributed by atoms with van der Waals surface area (Å²) >= 11 is 0. The van der Waals surface area contributed by atoms with Crippen LogP contribution in [0.5, 0.6) is 0 Å². The Kier molecular flexibility index (Phi) is 5.31. The Balaban J connectivity index is 1.52. The third-order valence-corrected chi connectivity index (χ3v) is 5.34. The molecule has 1 aromatic carbocycles. The van der Waals surface area contributed by atoms with E-state index in [1.807, 2.05) is 61.9 Å². The highest BCUT2D eigenvalue weighted by Gasteiger charge is 2.16. The number of rotatable bonds is 6. The first-order valence-electron chi connectivity index (χ1n) is 10.1. The van der Waals surface area contributed by atoms with Gasteiger partial charge >= 0.3 is 0 Å². The number of hydrogen-bond donors (Lipinski definition) is 1. The monoisotopic (exact) mass is 403 g/mol. The minimum absolute atomic E-state index is 0.00195. The molecule has 8 heteroatoms. The van der Waals surface area contributed by atoms with Crippen molar-refractivity contribution in [1.82, 2.24) is 29.6 Å². The fourth-order valence-corrected chi connectivity index (χ4v) is 3.66. The van der Waals surface area contributed by atoms with Crippen molar-refractivity contribution in [3.8, 4) is 5.82 Å². The smallest absolute Gasteiger partial charge is 0.224 e. The highest BCUT2D eigenvalue weighted by atomic mass is 16.1. The second-order valence-corrected chi connectivity index (χ2v) is 7.33. The van der Waals surface area contributed by atoms with E-state index < -0.39 is 0 Å². The summed E-state index contributed by atoms with van der Waals surface area (Å²) in [6.07, 6.45) is 1.89. The van der Waals surface area contributed by atoms with Crippen molar-refractivity contribution in [3.05, 3.63) is 64.7 Å². The number of para-hydroxylation sites is 1. The van der Waals surface area contributed by atoms with Gasteiger partial charge in [0.15, 0.2) is 17.3 Å². The van der Waals surface area contributed by atoms with E-state index in [1.165, 1.54) is 0 Å². The molecule has 0 radical (unpaired) electrons. The molecule has 0 spiro atoms. The van der Waals surface area contributed by atoms with E-state index in [0.29, 0.717) is 24.3 Å². The molecule has 30 heavy (non-hydrogen) atoms. The summed E-state index contributed by atoms with van der Waals surface area (Å²) in [5.41, 5.74) is 5.66. The Labute approximate surface area is 174 Å². The van der Waals surface area contributed by atoms with E-state index in [4.69, 9.17) is 0 Å². The van der Waals surface area contributed by atoms with E-state index in [9.17, 15) is 4.79 Å². The van der Waals surface area contributed by atoms with E-state index in [1.54, 1.807) is 4.52 Å². The van der Waals surface area contributed by atoms with Crippen LogP contribution in [0.3, 0.4) is 0 Å². The van der Waals surface area contributed by atoms with Crippen LogP contribution < -0.4 is 5.32 Å². The lowest BCUT2D eigenvalue weighted by Crippen LogP contribution is -2.14. The van der Waals surface area contributed by atoms with Crippen molar-refractivity contribution in [2.45, 2.75) is 47.0 Å². The molecule has 0 saturated heterocycles. The maximum atomic E-state index is 12.5. The zero-order valence-electron chi connectivity index (χ0n) is 17.7. The summed E-state index contributed by atoms with van der Waals surface area (Å²) in [7, 11) is 0. The Hall–Kier alpha value is -3.55. The third kappa shape index (κ3) is 3.68. The summed E-state index contributed by atoms with van der Waals surface area (Å²) < 4.78 is 3.51. The molecule has 0 atom stereocenters. The minimum Gasteiger partial charge on any atom is -0.326 e. The molecular weight excluding hydrogens is 378 g/mol. The number of aryl methyl sites for hydroxylation is 3. The van der Waals surface area contributed by atoms with Gasteiger partial charge in [-0.2, -0.15) is 9.61 Å². The van der Waals surface area contributed by atoms with Gasteiger partial charge in [-0.3, -0.25) is 4.79 Å². The van der Waals surface area contributed by atoms with Gasteiger partial charge in [-0.15, -0.1) is 15.3 Å². The average Bonchev–Trinajstić information content (AvgIpc) is 3.25. The SMILES string of the molecule is CCc1ccccc1NC(=O)CCc1c(C)nn(-c2ccc3nnc(C)n3n2)c1C. The maximum absolute atomic E-state index is 12.5. The van der Waals surface area contributed by atoms with Gasteiger partial charge in [0.05, 0.1) is 5.69 Å². The zero-order chi connectivity index (χ0) is 21.3. The van der Waals surface area contributed by atoms with Crippen molar-refractivity contribution < 1.29 is 4.79 Å². The van der Waals surface area contributed by atoms with Gasteiger partial charge in [-0.05, 0) is 62.9 Å². The standard InChI is InChI=1S/C22H25N7O/c1-5-17-8-6-7-9-19(17)23-22(30)13-10-18-14(2)26-28(15(18)3)21-12-11-20-25-24-16(4)29(20)27-21/h6-9,11-12H,5,10,13H2,1-4H3,(H,23,30). The zero-order valence-corrected chi connectivity index (χ0v) is 17.7. The average molecular weight is 403 g/mol. The molecule has 0 fully saturated rings. The third-order valence-electron chi connectivity index (χ3n) is 5.34. The van der Waals surface area contributed by atoms with Crippen LogP contribution in [0, 0.1) is 20.8 Å². The van der Waals surface area contributed by atoms with Crippen LogP contribution in [-0.2, 0) is 17.6 Å². The van der Waals surface area contributed by atoms with Crippen molar-refractivity contribution in [3.63, 3.8) is 0 Å². The van der Waals surface area contributed by atoms with E-state index >= 15 is 0 Å². The summed E-state index contributed by atoms with van der Waals surface area (Å²) in [5, 5.41) is 20.4. The highest BCUT2D eigenvalue weighted by molar-refractivity contribution is 5.91. The molecule has 4 rings (SSSR count). The number of nitrogens with one attached hydrogen (secondary N) is 1. The molecule has 1 N–H and O–H groups in total. The van der Waals surface area contributed by atoms with Crippen molar-refractivity contribution in [1.29, 1.82) is 0 Å². The summed E-state index contributed by atoms with van der Waals surface area (Å²) in [4.78, 5) is 12.5. The van der Waals surface area contributed by atoms with Gasteiger partial charge < -0.3 is 5.32 Å². The second-order valence-electron chi connectivity index (χ2n) is 7.33. The summed E-state index contributed by atoms with van der Waals surface area (Å²) in [6.45, 7) is 7.91. The quantitative estimate of drug-likeness (QED) is 0.533. The number of aromatic nitrogens is 6. The van der Waals surface area contributed by atoms with Crippen LogP contribution in [0.15, 0.2) is 36.4 Å². The first-order chi connectivity index (χ1) is 14.5. The topological polar surface area (TPSA) is 90.0 Å². The summed E-state index contributed by atoms with van der Waals surface area (Å²) in [6, 6.07) is 11.7. The molecule has 0 aliphatic heterocycles. The lowest BCUT2D eigenvalue weighted by molar-refractivity contribution is -0.116. The highest BCUT2D eigenvalue weighted by Crippen LogP contribution is 2.20. The number of hydrogen-bond acceptors (Lipinski definition) is 5. The van der Waals surface area contributed by atoms with Crippen LogP contribution in [0.4, 0.5) is 5.69 Å². The van der Waals surface area contributed by atoms with Crippen LogP contribution in [-0.4, -0.2) is 35.5 Å². The van der Waals surface area contributed by atoms with Gasteiger partial charge in [0.1, 0.15) is 0 Å². The van der Waals surface area contributed by atoms with E-state index in [0.717, 1.165) is 40.4 Å². The lowest BCUT2D eigenvalue weighted by atomic mass is 10.1. The van der Waals surface area contributed by atoms with Gasteiger partial charge in [0, 0.05) is 17.8 Å². The molecular formula is C22H25N7O. The number of carbonyl (C=O) groups is 1. The predicted molar refractivity (Wildman–Crippen MR) is 115 cm³/mol. The lowest BCUT2D eigenvalue weighted by Gasteiger charge is -2.10. The van der Waals surface area contributed by atoms with Crippen LogP contribution in [0.2, 0.25) is 0 Å². The summed E-state index contributed by atoms with van der Waals surface area (Å²) in [5.74, 6) is 1.42. The molecule has 154 valence electrons. The second kappa shape index (κ2) is 8.06. The first kappa shape index (κ1) is 19.8. The molecule has 3 heterocycles. The number of benzene rings is 1. The number of anilines is 1. The largest absolute Gasteiger partial charge is 0.326 e. The van der Waals surface area contributed by atoms with Gasteiger partial charge in [0.2, 0.25) is 5.91 Å². The molecule has 1 amide bonds. The molecule has 4 aromatic rings. The van der Waals surface area contributed by atoms with Gasteiger partial charge in [0.25, 0.3) is 0 Å².